The summed E-state index contributed by atoms with van der Waals surface area (Å²) in [6.07, 6.45) is 9.39. The number of aromatic nitrogens is 3. The molecule has 2 heterocycles. The van der Waals surface area contributed by atoms with E-state index in [2.05, 4.69) is 20.7 Å². The molecule has 2 aromatic rings. The van der Waals surface area contributed by atoms with Crippen LogP contribution in [-0.2, 0) is 7.05 Å². The molecule has 2 atom stereocenters. The van der Waals surface area contributed by atoms with Crippen LogP contribution in [0.25, 0.3) is 0 Å². The highest BCUT2D eigenvalue weighted by atomic mass is 16.5. The summed E-state index contributed by atoms with van der Waals surface area (Å²) in [4.78, 5) is 16.2. The van der Waals surface area contributed by atoms with Gasteiger partial charge in [0.2, 0.25) is 0 Å². The van der Waals surface area contributed by atoms with Crippen LogP contribution in [0.1, 0.15) is 19.3 Å². The first-order chi connectivity index (χ1) is 11.6. The Kier molecular flexibility index (Phi) is 4.83. The Hall–Kier alpha value is -2.77. The first-order valence-electron chi connectivity index (χ1n) is 7.86. The molecule has 128 valence electrons. The van der Waals surface area contributed by atoms with Gasteiger partial charge >= 0.3 is 6.03 Å². The third kappa shape index (κ3) is 3.95. The number of rotatable bonds is 5. The second-order valence-corrected chi connectivity index (χ2v) is 5.76. The van der Waals surface area contributed by atoms with Crippen molar-refractivity contribution < 1.29 is 14.3 Å². The van der Waals surface area contributed by atoms with Gasteiger partial charge in [-0.1, -0.05) is 0 Å². The Labute approximate surface area is 140 Å². The highest BCUT2D eigenvalue weighted by molar-refractivity contribution is 5.89. The van der Waals surface area contributed by atoms with E-state index in [1.807, 2.05) is 13.2 Å². The maximum absolute atomic E-state index is 12.2. The lowest BCUT2D eigenvalue weighted by molar-refractivity contribution is 0.175. The van der Waals surface area contributed by atoms with Gasteiger partial charge in [0.05, 0.1) is 43.6 Å². The highest BCUT2D eigenvalue weighted by Crippen LogP contribution is 2.24. The van der Waals surface area contributed by atoms with Crippen LogP contribution in [0.5, 0.6) is 11.5 Å². The molecule has 3 rings (SSSR count). The molecule has 0 aromatic carbocycles. The number of amides is 2. The fourth-order valence-electron chi connectivity index (χ4n) is 2.80. The topological polar surface area (TPSA) is 90.3 Å². The van der Waals surface area contributed by atoms with Crippen LogP contribution in [0.2, 0.25) is 0 Å². The second-order valence-electron chi connectivity index (χ2n) is 5.76. The van der Waals surface area contributed by atoms with Gasteiger partial charge in [0.1, 0.15) is 11.9 Å². The van der Waals surface area contributed by atoms with Crippen LogP contribution in [0.4, 0.5) is 10.5 Å². The number of carbonyl (C=O) groups is 1. The fraction of sp³-hybridized carbons (Fsp3) is 0.438. The standard InChI is InChI=1S/C16H21N5O3/c1-21-10-13(9-18-21)24-15-5-3-4-14(15)20-16(22)19-11-6-12(23-2)8-17-7-11/h6-10,14-15H,3-5H2,1-2H3,(H2,19,20,22)/t14-,15+/m1/s1. The Morgan fingerprint density at radius 1 is 1.29 bits per heavy atom. The van der Waals surface area contributed by atoms with E-state index < -0.39 is 0 Å². The summed E-state index contributed by atoms with van der Waals surface area (Å²) >= 11 is 0. The molecule has 0 aliphatic heterocycles. The smallest absolute Gasteiger partial charge is 0.319 e. The molecule has 8 nitrogen and oxygen atoms in total. The summed E-state index contributed by atoms with van der Waals surface area (Å²) in [5.41, 5.74) is 0.578. The predicted molar refractivity (Wildman–Crippen MR) is 88.2 cm³/mol. The molecule has 1 aliphatic rings. The number of nitrogens with zero attached hydrogens (tertiary/aromatic N) is 3. The minimum absolute atomic E-state index is 0.0382. The van der Waals surface area contributed by atoms with Crippen molar-refractivity contribution in [3.63, 3.8) is 0 Å². The number of carbonyl (C=O) groups excluding carboxylic acids is 1. The number of anilines is 1. The zero-order chi connectivity index (χ0) is 16.9. The van der Waals surface area contributed by atoms with E-state index in [1.165, 1.54) is 0 Å². The van der Waals surface area contributed by atoms with Gasteiger partial charge in [-0.2, -0.15) is 5.10 Å². The molecule has 0 bridgehead atoms. The van der Waals surface area contributed by atoms with E-state index in [9.17, 15) is 4.79 Å². The third-order valence-electron chi connectivity index (χ3n) is 3.94. The number of nitrogens with one attached hydrogen (secondary N) is 2. The van der Waals surface area contributed by atoms with Crippen molar-refractivity contribution in [3.8, 4) is 11.5 Å². The quantitative estimate of drug-likeness (QED) is 0.874. The molecule has 1 aliphatic carbocycles. The summed E-state index contributed by atoms with van der Waals surface area (Å²) in [6.45, 7) is 0. The van der Waals surface area contributed by atoms with Crippen molar-refractivity contribution in [1.29, 1.82) is 0 Å². The lowest BCUT2D eigenvalue weighted by atomic mass is 10.2. The van der Waals surface area contributed by atoms with Crippen LogP contribution >= 0.6 is 0 Å². The Morgan fingerprint density at radius 2 is 2.17 bits per heavy atom. The van der Waals surface area contributed by atoms with Gasteiger partial charge in [0.15, 0.2) is 5.75 Å². The van der Waals surface area contributed by atoms with Gasteiger partial charge in [-0.05, 0) is 19.3 Å². The molecule has 0 radical (unpaired) electrons. The largest absolute Gasteiger partial charge is 0.495 e. The van der Waals surface area contributed by atoms with Crippen LogP contribution in [0, 0.1) is 0 Å². The normalized spacial score (nSPS) is 19.8. The van der Waals surface area contributed by atoms with Gasteiger partial charge < -0.3 is 20.1 Å². The monoisotopic (exact) mass is 331 g/mol. The summed E-state index contributed by atoms with van der Waals surface area (Å²) in [7, 11) is 3.40. The predicted octanol–water partition coefficient (Wildman–Crippen LogP) is 1.95. The van der Waals surface area contributed by atoms with Crippen molar-refractivity contribution >= 4 is 11.7 Å². The zero-order valence-corrected chi connectivity index (χ0v) is 13.7. The number of urea groups is 1. The molecular weight excluding hydrogens is 310 g/mol. The van der Waals surface area contributed by atoms with E-state index >= 15 is 0 Å². The molecule has 8 heteroatoms. The molecular formula is C16H21N5O3. The summed E-state index contributed by atoms with van der Waals surface area (Å²) in [5.74, 6) is 1.31. The maximum atomic E-state index is 12.2. The minimum Gasteiger partial charge on any atom is -0.495 e. The number of pyridine rings is 1. The lowest BCUT2D eigenvalue weighted by Gasteiger charge is -2.21. The molecule has 0 spiro atoms. The SMILES string of the molecule is COc1cncc(NC(=O)N[C@@H]2CCC[C@@H]2Oc2cnn(C)c2)c1. The first kappa shape index (κ1) is 16.1. The van der Waals surface area contributed by atoms with Crippen LogP contribution in [0.15, 0.2) is 30.9 Å². The molecule has 0 saturated heterocycles. The Bertz CT molecular complexity index is 703. The first-order valence-corrected chi connectivity index (χ1v) is 7.86. The minimum atomic E-state index is -0.281. The number of methoxy groups -OCH3 is 1. The van der Waals surface area contributed by atoms with Crippen molar-refractivity contribution in [2.24, 2.45) is 7.05 Å². The van der Waals surface area contributed by atoms with Gasteiger partial charge in [-0.15, -0.1) is 0 Å². The van der Waals surface area contributed by atoms with Gasteiger partial charge in [-0.3, -0.25) is 9.67 Å². The van der Waals surface area contributed by atoms with Crippen molar-refractivity contribution in [1.82, 2.24) is 20.1 Å². The number of aryl methyl sites for hydroxylation is 1. The van der Waals surface area contributed by atoms with E-state index in [-0.39, 0.29) is 18.2 Å². The molecule has 1 fully saturated rings. The molecule has 0 unspecified atom stereocenters. The molecule has 1 saturated carbocycles. The lowest BCUT2D eigenvalue weighted by Crippen LogP contribution is -2.44. The number of ether oxygens (including phenoxy) is 2. The van der Waals surface area contributed by atoms with Crippen molar-refractivity contribution in [3.05, 3.63) is 30.9 Å². The Balaban J connectivity index is 1.56. The second kappa shape index (κ2) is 7.20. The molecule has 2 aromatic heterocycles. The van der Waals surface area contributed by atoms with Crippen molar-refractivity contribution in [2.75, 3.05) is 12.4 Å². The molecule has 24 heavy (non-hydrogen) atoms. The van der Waals surface area contributed by atoms with Crippen LogP contribution in [0.3, 0.4) is 0 Å². The van der Waals surface area contributed by atoms with Crippen LogP contribution in [-0.4, -0.2) is 40.1 Å². The molecule has 2 N–H and O–H groups in total. The number of hydrogen-bond donors (Lipinski definition) is 2. The van der Waals surface area contributed by atoms with E-state index in [0.29, 0.717) is 17.2 Å². The molecule has 2 amide bonds. The summed E-state index contributed by atoms with van der Waals surface area (Å²) < 4.78 is 12.7. The summed E-state index contributed by atoms with van der Waals surface area (Å²) in [5, 5.41) is 9.83. The number of hydrogen-bond acceptors (Lipinski definition) is 5. The average Bonchev–Trinajstić information content (AvgIpc) is 3.17. The fourth-order valence-corrected chi connectivity index (χ4v) is 2.80. The van der Waals surface area contributed by atoms with E-state index in [4.69, 9.17) is 9.47 Å². The highest BCUT2D eigenvalue weighted by Gasteiger charge is 2.30. The third-order valence-corrected chi connectivity index (χ3v) is 3.94. The zero-order valence-electron chi connectivity index (χ0n) is 13.7. The van der Waals surface area contributed by atoms with Gasteiger partial charge in [0, 0.05) is 13.1 Å². The van der Waals surface area contributed by atoms with E-state index in [0.717, 1.165) is 19.3 Å². The van der Waals surface area contributed by atoms with Crippen LogP contribution < -0.4 is 20.1 Å². The average molecular weight is 331 g/mol. The summed E-state index contributed by atoms with van der Waals surface area (Å²) in [6, 6.07) is 1.39. The Morgan fingerprint density at radius 3 is 2.92 bits per heavy atom. The van der Waals surface area contributed by atoms with E-state index in [1.54, 1.807) is 36.4 Å². The maximum Gasteiger partial charge on any atom is 0.319 e. The van der Waals surface area contributed by atoms with Crippen molar-refractivity contribution in [2.45, 2.75) is 31.4 Å². The van der Waals surface area contributed by atoms with Gasteiger partial charge in [0.25, 0.3) is 0 Å². The van der Waals surface area contributed by atoms with Gasteiger partial charge in [-0.25, -0.2) is 4.79 Å².